The fourth-order valence-electron chi connectivity index (χ4n) is 4.81. The molecular formula is C33H32F3N3O4S. The van der Waals surface area contributed by atoms with Gasteiger partial charge in [0.15, 0.2) is 0 Å². The van der Waals surface area contributed by atoms with Crippen LogP contribution in [-0.4, -0.2) is 44.8 Å². The number of aryl methyl sites for hydroxylation is 1. The number of rotatable bonds is 11. The van der Waals surface area contributed by atoms with Crippen LogP contribution in [0.1, 0.15) is 22.3 Å². The summed E-state index contributed by atoms with van der Waals surface area (Å²) in [5.41, 5.74) is 0.949. The Morgan fingerprint density at radius 3 is 2.05 bits per heavy atom. The molecule has 0 bridgehead atoms. The van der Waals surface area contributed by atoms with Crippen molar-refractivity contribution in [2.24, 2.45) is 0 Å². The molecular weight excluding hydrogens is 591 g/mol. The van der Waals surface area contributed by atoms with E-state index in [4.69, 9.17) is 0 Å². The van der Waals surface area contributed by atoms with E-state index in [1.807, 2.05) is 25.1 Å². The molecule has 0 saturated carbocycles. The lowest BCUT2D eigenvalue weighted by molar-refractivity contribution is -0.139. The molecule has 7 nitrogen and oxygen atoms in total. The van der Waals surface area contributed by atoms with Crippen LogP contribution in [0.3, 0.4) is 0 Å². The van der Waals surface area contributed by atoms with Crippen LogP contribution in [0.5, 0.6) is 0 Å². The van der Waals surface area contributed by atoms with Gasteiger partial charge >= 0.3 is 6.18 Å². The van der Waals surface area contributed by atoms with Gasteiger partial charge in [-0.3, -0.25) is 13.9 Å². The summed E-state index contributed by atoms with van der Waals surface area (Å²) in [6.07, 6.45) is -4.63. The topological polar surface area (TPSA) is 86.8 Å². The predicted octanol–water partition coefficient (Wildman–Crippen LogP) is 5.60. The molecule has 0 aliphatic carbocycles. The van der Waals surface area contributed by atoms with Gasteiger partial charge in [0, 0.05) is 20.0 Å². The Balaban J connectivity index is 1.82. The van der Waals surface area contributed by atoms with Crippen LogP contribution in [0.15, 0.2) is 114 Å². The number of hydrogen-bond donors (Lipinski definition) is 1. The van der Waals surface area contributed by atoms with Gasteiger partial charge in [-0.15, -0.1) is 0 Å². The Bertz CT molecular complexity index is 1700. The number of nitrogens with zero attached hydrogens (tertiary/aromatic N) is 2. The molecule has 4 aromatic rings. The number of alkyl halides is 3. The van der Waals surface area contributed by atoms with Gasteiger partial charge in [0.2, 0.25) is 11.8 Å². The van der Waals surface area contributed by atoms with Crippen LogP contribution < -0.4 is 9.62 Å². The third-order valence-electron chi connectivity index (χ3n) is 7.02. The minimum Gasteiger partial charge on any atom is -0.357 e. The summed E-state index contributed by atoms with van der Waals surface area (Å²) in [5.74, 6) is -1.25. The fourth-order valence-corrected chi connectivity index (χ4v) is 6.24. The van der Waals surface area contributed by atoms with Crippen LogP contribution in [0.4, 0.5) is 18.9 Å². The lowest BCUT2D eigenvalue weighted by Gasteiger charge is -2.33. The first kappa shape index (κ1) is 32.3. The molecule has 2 amide bonds. The number of sulfonamides is 1. The van der Waals surface area contributed by atoms with Crippen LogP contribution in [0.25, 0.3) is 0 Å². The number of likely N-dealkylation sites (N-methyl/N-ethyl adjacent to an activating group) is 1. The lowest BCUT2D eigenvalue weighted by Crippen LogP contribution is -2.53. The van der Waals surface area contributed by atoms with E-state index in [0.29, 0.717) is 15.9 Å². The van der Waals surface area contributed by atoms with Gasteiger partial charge in [0.1, 0.15) is 12.6 Å². The Morgan fingerprint density at radius 2 is 1.43 bits per heavy atom. The quantitative estimate of drug-likeness (QED) is 0.236. The second-order valence-electron chi connectivity index (χ2n) is 10.2. The van der Waals surface area contributed by atoms with Gasteiger partial charge in [0.05, 0.1) is 16.1 Å². The predicted molar refractivity (Wildman–Crippen MR) is 162 cm³/mol. The average Bonchev–Trinajstić information content (AvgIpc) is 3.01. The highest BCUT2D eigenvalue weighted by molar-refractivity contribution is 7.92. The van der Waals surface area contributed by atoms with Gasteiger partial charge in [-0.05, 0) is 48.4 Å². The van der Waals surface area contributed by atoms with Gasteiger partial charge < -0.3 is 10.2 Å². The zero-order chi connectivity index (χ0) is 31.9. The largest absolute Gasteiger partial charge is 0.416 e. The second kappa shape index (κ2) is 13.8. The summed E-state index contributed by atoms with van der Waals surface area (Å²) in [5, 5.41) is 2.59. The van der Waals surface area contributed by atoms with Crippen molar-refractivity contribution in [1.82, 2.24) is 10.2 Å². The molecule has 0 heterocycles. The van der Waals surface area contributed by atoms with E-state index < -0.39 is 46.2 Å². The van der Waals surface area contributed by atoms with Crippen molar-refractivity contribution in [3.05, 3.63) is 131 Å². The standard InChI is InChI=1S/C33H32F3N3O4S/c1-24-11-9-14-26(19-24)22-38(30(32(41)37-2)20-25-12-5-3-6-13-25)31(40)23-39(44(42,43)29-17-7-4-8-18-29)28-16-10-15-27(21-28)33(34,35)36/h3-19,21,30H,20,22-23H2,1-2H3,(H,37,41)/t30-/m1/s1. The number of benzene rings is 4. The molecule has 0 aliphatic heterocycles. The molecule has 0 unspecified atom stereocenters. The molecule has 11 heteroatoms. The summed E-state index contributed by atoms with van der Waals surface area (Å²) < 4.78 is 69.5. The minimum atomic E-state index is -4.75. The number of hydrogen-bond acceptors (Lipinski definition) is 4. The van der Waals surface area contributed by atoms with Crippen LogP contribution in [0.2, 0.25) is 0 Å². The third-order valence-corrected chi connectivity index (χ3v) is 8.81. The van der Waals surface area contributed by atoms with Crippen molar-refractivity contribution in [1.29, 1.82) is 0 Å². The van der Waals surface area contributed by atoms with Crippen LogP contribution in [-0.2, 0) is 38.8 Å². The molecule has 0 aromatic heterocycles. The third kappa shape index (κ3) is 7.84. The summed E-state index contributed by atoms with van der Waals surface area (Å²) in [4.78, 5) is 28.6. The van der Waals surface area contributed by atoms with Crippen molar-refractivity contribution in [2.45, 2.75) is 37.0 Å². The van der Waals surface area contributed by atoms with Crippen molar-refractivity contribution >= 4 is 27.5 Å². The average molecular weight is 624 g/mol. The normalized spacial score (nSPS) is 12.3. The summed E-state index contributed by atoms with van der Waals surface area (Å²) >= 11 is 0. The molecule has 230 valence electrons. The summed E-state index contributed by atoms with van der Waals surface area (Å²) in [7, 11) is -3.08. The molecule has 0 aliphatic rings. The Morgan fingerprint density at radius 1 is 0.818 bits per heavy atom. The number of carbonyl (C=O) groups is 2. The first-order valence-corrected chi connectivity index (χ1v) is 15.2. The highest BCUT2D eigenvalue weighted by atomic mass is 32.2. The van der Waals surface area contributed by atoms with Crippen LogP contribution in [0, 0.1) is 6.92 Å². The highest BCUT2D eigenvalue weighted by Crippen LogP contribution is 2.33. The lowest BCUT2D eigenvalue weighted by atomic mass is 10.0. The SMILES string of the molecule is CNC(=O)[C@@H](Cc1ccccc1)N(Cc1cccc(C)c1)C(=O)CN(c1cccc(C(F)(F)F)c1)S(=O)(=O)c1ccccc1. The van der Waals surface area contributed by atoms with Crippen molar-refractivity contribution in [3.8, 4) is 0 Å². The first-order valence-electron chi connectivity index (χ1n) is 13.8. The molecule has 4 rings (SSSR count). The molecule has 1 atom stereocenters. The van der Waals surface area contributed by atoms with Gasteiger partial charge in [-0.1, -0.05) is 84.4 Å². The molecule has 0 spiro atoms. The van der Waals surface area contributed by atoms with E-state index in [1.54, 1.807) is 42.5 Å². The maximum absolute atomic E-state index is 14.2. The molecule has 4 aromatic carbocycles. The highest BCUT2D eigenvalue weighted by Gasteiger charge is 2.36. The minimum absolute atomic E-state index is 0.0484. The van der Waals surface area contributed by atoms with Crippen molar-refractivity contribution in [2.75, 3.05) is 17.9 Å². The number of amides is 2. The van der Waals surface area contributed by atoms with E-state index in [9.17, 15) is 31.2 Å². The number of carbonyl (C=O) groups excluding carboxylic acids is 2. The zero-order valence-corrected chi connectivity index (χ0v) is 25.0. The van der Waals surface area contributed by atoms with Crippen molar-refractivity contribution < 1.29 is 31.2 Å². The summed E-state index contributed by atoms with van der Waals surface area (Å²) in [6.45, 7) is 0.970. The van der Waals surface area contributed by atoms with E-state index in [0.717, 1.165) is 23.3 Å². The Hall–Kier alpha value is -4.64. The van der Waals surface area contributed by atoms with E-state index >= 15 is 0 Å². The molecule has 0 radical (unpaired) electrons. The molecule has 1 N–H and O–H groups in total. The molecule has 0 fully saturated rings. The fraction of sp³-hybridized carbons (Fsp3) is 0.212. The van der Waals surface area contributed by atoms with Gasteiger partial charge in [-0.25, -0.2) is 8.42 Å². The first-order chi connectivity index (χ1) is 20.9. The maximum atomic E-state index is 14.2. The maximum Gasteiger partial charge on any atom is 0.416 e. The number of nitrogens with one attached hydrogen (secondary N) is 1. The summed E-state index contributed by atoms with van der Waals surface area (Å²) in [6, 6.07) is 26.2. The van der Waals surface area contributed by atoms with E-state index in [-0.39, 0.29) is 23.5 Å². The smallest absolute Gasteiger partial charge is 0.357 e. The Labute approximate surface area is 255 Å². The Kier molecular flexibility index (Phi) is 10.1. The number of halogens is 3. The van der Waals surface area contributed by atoms with Crippen molar-refractivity contribution in [3.63, 3.8) is 0 Å². The van der Waals surface area contributed by atoms with Crippen LogP contribution >= 0.6 is 0 Å². The van der Waals surface area contributed by atoms with Gasteiger partial charge in [-0.2, -0.15) is 13.2 Å². The zero-order valence-electron chi connectivity index (χ0n) is 24.2. The monoisotopic (exact) mass is 623 g/mol. The number of anilines is 1. The van der Waals surface area contributed by atoms with E-state index in [1.165, 1.54) is 42.3 Å². The van der Waals surface area contributed by atoms with Gasteiger partial charge in [0.25, 0.3) is 10.0 Å². The molecule has 0 saturated heterocycles. The van der Waals surface area contributed by atoms with E-state index in [2.05, 4.69) is 5.32 Å². The second-order valence-corrected chi connectivity index (χ2v) is 12.1. The molecule has 44 heavy (non-hydrogen) atoms.